The highest BCUT2D eigenvalue weighted by molar-refractivity contribution is 7.92. The molecule has 3 aromatic rings. The normalized spacial score (nSPS) is 11.8. The molecule has 3 aromatic carbocycles. The van der Waals surface area contributed by atoms with Crippen LogP contribution in [0.25, 0.3) is 0 Å². The number of carbonyl (C=O) groups is 2. The highest BCUT2D eigenvalue weighted by atomic mass is 32.2. The number of sulfonamides is 1. The number of esters is 1. The summed E-state index contributed by atoms with van der Waals surface area (Å²) >= 11 is 0. The van der Waals surface area contributed by atoms with Crippen LogP contribution in [0.15, 0.2) is 77.7 Å². The molecule has 10 nitrogen and oxygen atoms in total. The van der Waals surface area contributed by atoms with Gasteiger partial charge in [-0.2, -0.15) is 0 Å². The van der Waals surface area contributed by atoms with Crippen molar-refractivity contribution in [2.24, 2.45) is 0 Å². The van der Waals surface area contributed by atoms with Gasteiger partial charge in [-0.15, -0.1) is 0 Å². The van der Waals surface area contributed by atoms with E-state index in [2.05, 4.69) is 10.0 Å². The molecule has 0 heterocycles. The summed E-state index contributed by atoms with van der Waals surface area (Å²) in [6, 6.07) is 17.3. The number of rotatable bonds is 8. The van der Waals surface area contributed by atoms with Crippen molar-refractivity contribution >= 4 is 39.0 Å². The summed E-state index contributed by atoms with van der Waals surface area (Å²) in [6.45, 7) is 3.21. The predicted octanol–water partition coefficient (Wildman–Crippen LogP) is 3.89. The Morgan fingerprint density at radius 3 is 2.29 bits per heavy atom. The number of nitro groups is 1. The second-order valence-electron chi connectivity index (χ2n) is 7.26. The molecule has 0 aliphatic rings. The van der Waals surface area contributed by atoms with Gasteiger partial charge in [0.05, 0.1) is 21.1 Å². The number of nitro benzene ring substituents is 1. The molecule has 11 heteroatoms. The lowest BCUT2D eigenvalue weighted by atomic mass is 10.2. The van der Waals surface area contributed by atoms with Crippen molar-refractivity contribution in [3.05, 3.63) is 94.0 Å². The summed E-state index contributed by atoms with van der Waals surface area (Å²) in [4.78, 5) is 35.1. The van der Waals surface area contributed by atoms with Crippen LogP contribution < -0.4 is 10.0 Å². The average Bonchev–Trinajstić information content (AvgIpc) is 2.80. The minimum atomic E-state index is -4.26. The van der Waals surface area contributed by atoms with Crippen LogP contribution in [-0.4, -0.2) is 31.3 Å². The molecule has 0 spiro atoms. The van der Waals surface area contributed by atoms with Crippen molar-refractivity contribution in [1.29, 1.82) is 0 Å². The molecule has 0 saturated carbocycles. The summed E-state index contributed by atoms with van der Waals surface area (Å²) in [7, 11) is -4.26. The van der Waals surface area contributed by atoms with Crippen LogP contribution in [0.4, 0.5) is 17.1 Å². The molecule has 1 unspecified atom stereocenters. The third-order valence-corrected chi connectivity index (χ3v) is 6.15. The van der Waals surface area contributed by atoms with E-state index in [4.69, 9.17) is 4.74 Å². The van der Waals surface area contributed by atoms with Gasteiger partial charge in [0.2, 0.25) is 0 Å². The number of carbonyl (C=O) groups excluding carboxylic acids is 2. The second kappa shape index (κ2) is 10.1. The smallest absolute Gasteiger partial charge is 0.341 e. The lowest BCUT2D eigenvalue weighted by Crippen LogP contribution is -2.30. The molecule has 0 bridgehead atoms. The fourth-order valence-electron chi connectivity index (χ4n) is 2.94. The predicted molar refractivity (Wildman–Crippen MR) is 125 cm³/mol. The molecule has 3 rings (SSSR count). The van der Waals surface area contributed by atoms with Crippen LogP contribution in [0.5, 0.6) is 0 Å². The largest absolute Gasteiger partial charge is 0.449 e. The Morgan fingerprint density at radius 2 is 1.62 bits per heavy atom. The topological polar surface area (TPSA) is 145 Å². The van der Waals surface area contributed by atoms with Gasteiger partial charge in [-0.25, -0.2) is 13.2 Å². The molecule has 176 valence electrons. The number of para-hydroxylation sites is 2. The van der Waals surface area contributed by atoms with Crippen molar-refractivity contribution in [2.45, 2.75) is 24.8 Å². The lowest BCUT2D eigenvalue weighted by molar-refractivity contribution is -0.385. The summed E-state index contributed by atoms with van der Waals surface area (Å²) in [5.41, 5.74) is 0.761. The molecule has 0 aliphatic carbocycles. The number of non-ortho nitro benzene ring substituents is 1. The molecule has 34 heavy (non-hydrogen) atoms. The standard InChI is InChI=1S/C23H21N3O7S/c1-15-8-3-5-12-20(15)24-22(27)16(2)33-23(28)19-11-4-6-13-21(19)25-34(31,32)18-10-7-9-17(14-18)26(29)30/h3-14,16,25H,1-2H3,(H,24,27). The summed E-state index contributed by atoms with van der Waals surface area (Å²) < 4.78 is 33.0. The monoisotopic (exact) mass is 483 g/mol. The molecular formula is C23H21N3O7S. The molecule has 1 atom stereocenters. The van der Waals surface area contributed by atoms with E-state index in [1.165, 1.54) is 43.3 Å². The molecule has 0 aliphatic heterocycles. The van der Waals surface area contributed by atoms with Gasteiger partial charge in [-0.3, -0.25) is 19.6 Å². The first-order valence-corrected chi connectivity index (χ1v) is 11.5. The Hall–Kier alpha value is -4.25. The van der Waals surface area contributed by atoms with Crippen molar-refractivity contribution < 1.29 is 27.7 Å². The number of ether oxygens (including phenoxy) is 1. The van der Waals surface area contributed by atoms with E-state index in [9.17, 15) is 28.1 Å². The second-order valence-corrected chi connectivity index (χ2v) is 8.94. The summed E-state index contributed by atoms with van der Waals surface area (Å²) in [5, 5.41) is 13.6. The van der Waals surface area contributed by atoms with E-state index in [1.807, 2.05) is 19.1 Å². The van der Waals surface area contributed by atoms with Crippen LogP contribution in [0, 0.1) is 17.0 Å². The van der Waals surface area contributed by atoms with Crippen LogP contribution in [0.2, 0.25) is 0 Å². The number of aryl methyl sites for hydroxylation is 1. The third kappa shape index (κ3) is 5.75. The molecule has 0 aromatic heterocycles. The zero-order chi connectivity index (χ0) is 24.9. The SMILES string of the molecule is Cc1ccccc1NC(=O)C(C)OC(=O)c1ccccc1NS(=O)(=O)c1cccc([N+](=O)[O-])c1. The van der Waals surface area contributed by atoms with Crippen LogP contribution in [0.3, 0.4) is 0 Å². The molecule has 0 saturated heterocycles. The highest BCUT2D eigenvalue weighted by Gasteiger charge is 2.24. The number of hydrogen-bond donors (Lipinski definition) is 2. The van der Waals surface area contributed by atoms with Gasteiger partial charge in [0.1, 0.15) is 0 Å². The van der Waals surface area contributed by atoms with Crippen LogP contribution in [-0.2, 0) is 19.6 Å². The number of anilines is 2. The van der Waals surface area contributed by atoms with Gasteiger partial charge in [0.15, 0.2) is 6.10 Å². The maximum atomic E-state index is 12.8. The van der Waals surface area contributed by atoms with E-state index in [0.29, 0.717) is 5.69 Å². The molecular weight excluding hydrogens is 462 g/mol. The van der Waals surface area contributed by atoms with E-state index in [0.717, 1.165) is 17.7 Å². The quantitative estimate of drug-likeness (QED) is 0.281. The fourth-order valence-corrected chi connectivity index (χ4v) is 4.06. The van der Waals surface area contributed by atoms with Gasteiger partial charge in [-0.05, 0) is 43.7 Å². The maximum Gasteiger partial charge on any atom is 0.341 e. The average molecular weight is 484 g/mol. The Kier molecular flexibility index (Phi) is 7.27. The van der Waals surface area contributed by atoms with E-state index >= 15 is 0 Å². The van der Waals surface area contributed by atoms with Crippen molar-refractivity contribution in [1.82, 2.24) is 0 Å². The van der Waals surface area contributed by atoms with E-state index < -0.39 is 38.6 Å². The van der Waals surface area contributed by atoms with Crippen molar-refractivity contribution in [3.63, 3.8) is 0 Å². The van der Waals surface area contributed by atoms with Gasteiger partial charge in [0, 0.05) is 17.8 Å². The minimum absolute atomic E-state index is 0.106. The Balaban J connectivity index is 1.77. The number of nitrogens with zero attached hydrogens (tertiary/aromatic N) is 1. The van der Waals surface area contributed by atoms with Gasteiger partial charge >= 0.3 is 5.97 Å². The third-order valence-electron chi connectivity index (χ3n) is 4.79. The Morgan fingerprint density at radius 1 is 0.971 bits per heavy atom. The van der Waals surface area contributed by atoms with Gasteiger partial charge in [0.25, 0.3) is 21.6 Å². The van der Waals surface area contributed by atoms with Gasteiger partial charge < -0.3 is 10.1 Å². The first-order valence-electron chi connectivity index (χ1n) is 10.0. The zero-order valence-corrected chi connectivity index (χ0v) is 19.0. The summed E-state index contributed by atoms with van der Waals surface area (Å²) in [6.07, 6.45) is -1.17. The van der Waals surface area contributed by atoms with Crippen LogP contribution >= 0.6 is 0 Å². The zero-order valence-electron chi connectivity index (χ0n) is 18.2. The van der Waals surface area contributed by atoms with Crippen LogP contribution in [0.1, 0.15) is 22.8 Å². The number of amides is 1. The lowest BCUT2D eigenvalue weighted by Gasteiger charge is -2.16. The van der Waals surface area contributed by atoms with E-state index in [-0.39, 0.29) is 16.1 Å². The summed E-state index contributed by atoms with van der Waals surface area (Å²) in [5.74, 6) is -1.48. The van der Waals surface area contributed by atoms with Crippen molar-refractivity contribution in [2.75, 3.05) is 10.0 Å². The maximum absolute atomic E-state index is 12.8. The Bertz CT molecular complexity index is 1360. The fraction of sp³-hybridized carbons (Fsp3) is 0.130. The first-order chi connectivity index (χ1) is 16.1. The van der Waals surface area contributed by atoms with Crippen molar-refractivity contribution in [3.8, 4) is 0 Å². The van der Waals surface area contributed by atoms with E-state index in [1.54, 1.807) is 12.1 Å². The Labute approximate surface area is 195 Å². The number of nitrogens with one attached hydrogen (secondary N) is 2. The molecule has 1 amide bonds. The highest BCUT2D eigenvalue weighted by Crippen LogP contribution is 2.24. The minimum Gasteiger partial charge on any atom is -0.449 e. The molecule has 0 radical (unpaired) electrons. The molecule has 0 fully saturated rings. The number of benzene rings is 3. The number of hydrogen-bond acceptors (Lipinski definition) is 7. The first kappa shape index (κ1) is 24.4. The molecule has 2 N–H and O–H groups in total. The van der Waals surface area contributed by atoms with Gasteiger partial charge in [-0.1, -0.05) is 36.4 Å².